The molecule has 0 aromatic heterocycles. The van der Waals surface area contributed by atoms with E-state index in [-0.39, 0.29) is 24.2 Å². The molecule has 0 aromatic rings. The highest BCUT2D eigenvalue weighted by atomic mass is 35.5. The van der Waals surface area contributed by atoms with E-state index in [1.54, 1.807) is 0 Å². The second-order valence-corrected chi connectivity index (χ2v) is 3.63. The van der Waals surface area contributed by atoms with Crippen molar-refractivity contribution in [3.05, 3.63) is 0 Å². The lowest BCUT2D eigenvalue weighted by molar-refractivity contribution is -0.124. The monoisotopic (exact) mass is 236 g/mol. The van der Waals surface area contributed by atoms with Gasteiger partial charge in [-0.25, -0.2) is 0 Å². The van der Waals surface area contributed by atoms with Crippen molar-refractivity contribution < 1.29 is 4.79 Å². The third-order valence-corrected chi connectivity index (χ3v) is 2.68. The van der Waals surface area contributed by atoms with E-state index < -0.39 is 0 Å². The van der Waals surface area contributed by atoms with Gasteiger partial charge in [-0.2, -0.15) is 0 Å². The molecule has 1 N–H and O–H groups in total. The largest absolute Gasteiger partial charge is 0.355 e. The van der Waals surface area contributed by atoms with Gasteiger partial charge < -0.3 is 10.2 Å². The van der Waals surface area contributed by atoms with Crippen LogP contribution in [0.4, 0.5) is 0 Å². The minimum Gasteiger partial charge on any atom is -0.355 e. The molecule has 0 fully saturated rings. The van der Waals surface area contributed by atoms with Crippen molar-refractivity contribution in [3.8, 4) is 0 Å². The molecule has 3 nitrogen and oxygen atoms in total. The van der Waals surface area contributed by atoms with E-state index >= 15 is 0 Å². The Morgan fingerprint density at radius 1 is 1.27 bits per heavy atom. The summed E-state index contributed by atoms with van der Waals surface area (Å²) in [4.78, 5) is 13.7. The Hall–Kier alpha value is -0.280. The minimum absolute atomic E-state index is 0. The molecule has 0 aromatic carbocycles. The second kappa shape index (κ2) is 10.2. The molecule has 4 heteroatoms. The molecule has 1 amide bonds. The van der Waals surface area contributed by atoms with Gasteiger partial charge in [-0.15, -0.1) is 12.4 Å². The fraction of sp³-hybridized carbons (Fsp3) is 0.909. The van der Waals surface area contributed by atoms with Crippen molar-refractivity contribution in [1.82, 2.24) is 10.2 Å². The van der Waals surface area contributed by atoms with E-state index in [1.165, 1.54) is 0 Å². The molecule has 1 unspecified atom stereocenters. The molecule has 0 rings (SSSR count). The first-order valence-electron chi connectivity index (χ1n) is 5.65. The van der Waals surface area contributed by atoms with Crippen LogP contribution in [-0.2, 0) is 4.79 Å². The number of amides is 1. The van der Waals surface area contributed by atoms with Crippen LogP contribution in [-0.4, -0.2) is 37.0 Å². The molecular weight excluding hydrogens is 212 g/mol. The summed E-state index contributed by atoms with van der Waals surface area (Å²) in [6, 6.07) is 0. The summed E-state index contributed by atoms with van der Waals surface area (Å²) < 4.78 is 0. The van der Waals surface area contributed by atoms with E-state index in [2.05, 4.69) is 24.1 Å². The normalized spacial score (nSPS) is 12.1. The van der Waals surface area contributed by atoms with Gasteiger partial charge in [0.15, 0.2) is 0 Å². The van der Waals surface area contributed by atoms with Crippen LogP contribution >= 0.6 is 12.4 Å². The zero-order valence-corrected chi connectivity index (χ0v) is 11.2. The number of likely N-dealkylation sites (N-methyl/N-ethyl adjacent to an activating group) is 1. The van der Waals surface area contributed by atoms with Gasteiger partial charge in [0.1, 0.15) is 0 Å². The first-order valence-corrected chi connectivity index (χ1v) is 5.65. The fourth-order valence-corrected chi connectivity index (χ4v) is 1.24. The number of carbonyl (C=O) groups excluding carboxylic acids is 1. The van der Waals surface area contributed by atoms with Crippen LogP contribution in [0, 0.1) is 5.92 Å². The van der Waals surface area contributed by atoms with Crippen LogP contribution in [0.15, 0.2) is 0 Å². The van der Waals surface area contributed by atoms with Gasteiger partial charge in [-0.05, 0) is 19.5 Å². The summed E-state index contributed by atoms with van der Waals surface area (Å²) >= 11 is 0. The van der Waals surface area contributed by atoms with Gasteiger partial charge >= 0.3 is 0 Å². The molecule has 0 spiro atoms. The number of halogens is 1. The number of hydrogen-bond donors (Lipinski definition) is 1. The predicted octanol–water partition coefficient (Wildman–Crippen LogP) is 1.91. The lowest BCUT2D eigenvalue weighted by atomic mass is 10.1. The number of nitrogens with zero attached hydrogens (tertiary/aromatic N) is 1. The topological polar surface area (TPSA) is 32.3 Å². The van der Waals surface area contributed by atoms with Gasteiger partial charge in [0.2, 0.25) is 5.91 Å². The van der Waals surface area contributed by atoms with Crippen LogP contribution in [0.3, 0.4) is 0 Å². The zero-order valence-electron chi connectivity index (χ0n) is 10.4. The van der Waals surface area contributed by atoms with Crippen LogP contribution in [0.2, 0.25) is 0 Å². The molecule has 0 aliphatic carbocycles. The molecule has 0 aliphatic heterocycles. The third kappa shape index (κ3) is 7.63. The van der Waals surface area contributed by atoms with Crippen molar-refractivity contribution in [2.24, 2.45) is 5.92 Å². The zero-order chi connectivity index (χ0) is 11.0. The number of carbonyl (C=O) groups is 1. The molecule has 92 valence electrons. The van der Waals surface area contributed by atoms with Gasteiger partial charge in [0.05, 0.1) is 0 Å². The molecule has 15 heavy (non-hydrogen) atoms. The van der Waals surface area contributed by atoms with Crippen molar-refractivity contribution in [2.75, 3.05) is 26.2 Å². The third-order valence-electron chi connectivity index (χ3n) is 2.68. The quantitative estimate of drug-likeness (QED) is 0.733. The number of hydrogen-bond acceptors (Lipinski definition) is 2. The lowest BCUT2D eigenvalue weighted by Crippen LogP contribution is -2.36. The highest BCUT2D eigenvalue weighted by Crippen LogP contribution is 1.99. The van der Waals surface area contributed by atoms with Crippen molar-refractivity contribution in [3.63, 3.8) is 0 Å². The highest BCUT2D eigenvalue weighted by Gasteiger charge is 2.09. The summed E-state index contributed by atoms with van der Waals surface area (Å²) in [5.41, 5.74) is 0. The van der Waals surface area contributed by atoms with Gasteiger partial charge in [-0.3, -0.25) is 4.79 Å². The van der Waals surface area contributed by atoms with Crippen molar-refractivity contribution >= 4 is 18.3 Å². The van der Waals surface area contributed by atoms with E-state index in [0.29, 0.717) is 0 Å². The molecule has 0 heterocycles. The van der Waals surface area contributed by atoms with Gasteiger partial charge in [-0.1, -0.05) is 27.7 Å². The van der Waals surface area contributed by atoms with Crippen LogP contribution in [0.25, 0.3) is 0 Å². The van der Waals surface area contributed by atoms with Crippen molar-refractivity contribution in [1.29, 1.82) is 0 Å². The van der Waals surface area contributed by atoms with E-state index in [1.807, 2.05) is 13.8 Å². The lowest BCUT2D eigenvalue weighted by Gasteiger charge is -2.18. The average molecular weight is 237 g/mol. The van der Waals surface area contributed by atoms with E-state index in [4.69, 9.17) is 0 Å². The molecule has 0 saturated heterocycles. The second-order valence-electron chi connectivity index (χ2n) is 3.63. The summed E-state index contributed by atoms with van der Waals surface area (Å²) in [7, 11) is 0. The Kier molecular flexibility index (Phi) is 11.7. The van der Waals surface area contributed by atoms with Gasteiger partial charge in [0, 0.05) is 19.0 Å². The van der Waals surface area contributed by atoms with Crippen LogP contribution < -0.4 is 5.32 Å². The standard InChI is InChI=1S/C11H24N2O.ClH/c1-5-10(4)11(14)12-8-9-13(6-2)7-3;/h10H,5-9H2,1-4H3,(H,12,14);1H. The molecule has 0 saturated carbocycles. The Morgan fingerprint density at radius 2 is 1.80 bits per heavy atom. The Labute approximate surface area is 100 Å². The minimum atomic E-state index is 0. The maximum Gasteiger partial charge on any atom is 0.222 e. The molecule has 0 aliphatic rings. The maximum absolute atomic E-state index is 11.4. The van der Waals surface area contributed by atoms with Gasteiger partial charge in [0.25, 0.3) is 0 Å². The average Bonchev–Trinajstić information content (AvgIpc) is 2.22. The predicted molar refractivity (Wildman–Crippen MR) is 67.5 cm³/mol. The highest BCUT2D eigenvalue weighted by molar-refractivity contribution is 5.85. The Morgan fingerprint density at radius 3 is 2.20 bits per heavy atom. The summed E-state index contributed by atoms with van der Waals surface area (Å²) in [6.45, 7) is 12.1. The summed E-state index contributed by atoms with van der Waals surface area (Å²) in [5.74, 6) is 0.325. The number of rotatable bonds is 7. The molecular formula is C11H25ClN2O. The Bertz CT molecular complexity index is 161. The Balaban J connectivity index is 0. The van der Waals surface area contributed by atoms with E-state index in [0.717, 1.165) is 32.6 Å². The fourth-order valence-electron chi connectivity index (χ4n) is 1.24. The first-order chi connectivity index (χ1) is 6.65. The SMILES string of the molecule is CCC(C)C(=O)NCCN(CC)CC.Cl. The smallest absolute Gasteiger partial charge is 0.222 e. The van der Waals surface area contributed by atoms with Crippen LogP contribution in [0.5, 0.6) is 0 Å². The summed E-state index contributed by atoms with van der Waals surface area (Å²) in [6.07, 6.45) is 0.914. The maximum atomic E-state index is 11.4. The molecule has 1 atom stereocenters. The molecule has 0 bridgehead atoms. The number of nitrogens with one attached hydrogen (secondary N) is 1. The summed E-state index contributed by atoms with van der Waals surface area (Å²) in [5, 5.41) is 2.95. The van der Waals surface area contributed by atoms with Crippen LogP contribution in [0.1, 0.15) is 34.1 Å². The molecule has 0 radical (unpaired) electrons. The van der Waals surface area contributed by atoms with E-state index in [9.17, 15) is 4.79 Å². The van der Waals surface area contributed by atoms with Crippen molar-refractivity contribution in [2.45, 2.75) is 34.1 Å². The first kappa shape index (κ1) is 17.1.